The van der Waals surface area contributed by atoms with Crippen molar-refractivity contribution in [1.82, 2.24) is 15.5 Å². The van der Waals surface area contributed by atoms with Crippen LogP contribution in [0.3, 0.4) is 0 Å². The molecule has 1 aliphatic heterocycles. The number of hydrogen-bond donors (Lipinski definition) is 3. The van der Waals surface area contributed by atoms with Crippen molar-refractivity contribution in [2.75, 3.05) is 26.8 Å². The number of amides is 3. The Morgan fingerprint density at radius 3 is 2.50 bits per heavy atom. The normalized spacial score (nSPS) is 28.1. The van der Waals surface area contributed by atoms with Gasteiger partial charge in [0.1, 0.15) is 12.6 Å². The van der Waals surface area contributed by atoms with Crippen LogP contribution in [-0.4, -0.2) is 72.7 Å². The molecule has 0 radical (unpaired) electrons. The second kappa shape index (κ2) is 16.1. The van der Waals surface area contributed by atoms with Crippen LogP contribution in [0.25, 0.3) is 0 Å². The van der Waals surface area contributed by atoms with Gasteiger partial charge >= 0.3 is 0 Å². The lowest BCUT2D eigenvalue weighted by Crippen LogP contribution is -2.53. The lowest BCUT2D eigenvalue weighted by molar-refractivity contribution is -0.142. The number of rotatable bonds is 7. The Hall–Kier alpha value is -1.67. The lowest BCUT2D eigenvalue weighted by Gasteiger charge is -2.31. The maximum Gasteiger partial charge on any atom is 0.248 e. The van der Waals surface area contributed by atoms with Gasteiger partial charge in [0.2, 0.25) is 17.7 Å². The number of aliphatic hydroxyl groups is 1. The largest absolute Gasteiger partial charge is 0.391 e. The van der Waals surface area contributed by atoms with Gasteiger partial charge in [-0.3, -0.25) is 14.4 Å². The first-order valence-electron chi connectivity index (χ1n) is 13.2. The molecule has 3 N–H and O–H groups in total. The van der Waals surface area contributed by atoms with E-state index in [4.69, 9.17) is 4.74 Å². The first kappa shape index (κ1) is 30.4. The standard InChI is InChI=1S/C26H49N3O5/c1-7-8-13-27-25(32)20(4)15-23(30)22-14-18(2)11-9-10-12-19(3)16-34-17-24(31)29(6)21(5)26(33)28-22/h18-23,30H,7-17H2,1-6H3,(H,27,32)(H,28,33)/t18-,19?,20?,21+,22+,23?/m1/s1. The summed E-state index contributed by atoms with van der Waals surface area (Å²) >= 11 is 0. The number of nitrogens with zero attached hydrogens (tertiary/aromatic N) is 1. The highest BCUT2D eigenvalue weighted by Crippen LogP contribution is 2.21. The minimum Gasteiger partial charge on any atom is -0.391 e. The summed E-state index contributed by atoms with van der Waals surface area (Å²) in [6.07, 6.45) is 6.16. The molecule has 0 aromatic rings. The quantitative estimate of drug-likeness (QED) is 0.483. The van der Waals surface area contributed by atoms with Crippen LogP contribution in [0.1, 0.15) is 86.0 Å². The summed E-state index contributed by atoms with van der Waals surface area (Å²) in [5.41, 5.74) is 0. The molecule has 1 heterocycles. The predicted molar refractivity (Wildman–Crippen MR) is 134 cm³/mol. The van der Waals surface area contributed by atoms with Crippen LogP contribution < -0.4 is 10.6 Å². The number of likely N-dealkylation sites (N-methyl/N-ethyl adjacent to an activating group) is 1. The minimum atomic E-state index is -0.853. The van der Waals surface area contributed by atoms with Crippen LogP contribution in [0.5, 0.6) is 0 Å². The molecule has 1 fully saturated rings. The number of ether oxygens (including phenoxy) is 1. The molecular formula is C26H49N3O5. The second-order valence-corrected chi connectivity index (χ2v) is 10.4. The van der Waals surface area contributed by atoms with E-state index in [1.54, 1.807) is 14.0 Å². The van der Waals surface area contributed by atoms with E-state index in [1.165, 1.54) is 4.90 Å². The predicted octanol–water partition coefficient (Wildman–Crippen LogP) is 2.87. The third kappa shape index (κ3) is 11.2. The molecule has 0 saturated carbocycles. The van der Waals surface area contributed by atoms with E-state index >= 15 is 0 Å². The average molecular weight is 484 g/mol. The number of unbranched alkanes of at least 4 members (excludes halogenated alkanes) is 1. The fourth-order valence-corrected chi connectivity index (χ4v) is 4.27. The summed E-state index contributed by atoms with van der Waals surface area (Å²) < 4.78 is 5.59. The van der Waals surface area contributed by atoms with Crippen LogP contribution >= 0.6 is 0 Å². The summed E-state index contributed by atoms with van der Waals surface area (Å²) in [7, 11) is 1.60. The summed E-state index contributed by atoms with van der Waals surface area (Å²) in [4.78, 5) is 39.3. The van der Waals surface area contributed by atoms with Gasteiger partial charge in [0, 0.05) is 26.1 Å². The van der Waals surface area contributed by atoms with Gasteiger partial charge in [0.15, 0.2) is 0 Å². The Balaban J connectivity index is 2.90. The Morgan fingerprint density at radius 2 is 1.85 bits per heavy atom. The third-order valence-corrected chi connectivity index (χ3v) is 6.95. The van der Waals surface area contributed by atoms with Gasteiger partial charge < -0.3 is 25.4 Å². The van der Waals surface area contributed by atoms with Gasteiger partial charge in [-0.05, 0) is 44.4 Å². The maximum absolute atomic E-state index is 13.0. The second-order valence-electron chi connectivity index (χ2n) is 10.4. The Bertz CT molecular complexity index is 630. The molecule has 1 saturated heterocycles. The van der Waals surface area contributed by atoms with Crippen LogP contribution in [0.15, 0.2) is 0 Å². The molecule has 8 nitrogen and oxygen atoms in total. The van der Waals surface area contributed by atoms with Crippen molar-refractivity contribution in [3.05, 3.63) is 0 Å². The van der Waals surface area contributed by atoms with Crippen LogP contribution in [0.4, 0.5) is 0 Å². The molecule has 34 heavy (non-hydrogen) atoms. The highest BCUT2D eigenvalue weighted by atomic mass is 16.5. The third-order valence-electron chi connectivity index (χ3n) is 6.95. The van der Waals surface area contributed by atoms with Crippen molar-refractivity contribution in [3.8, 4) is 0 Å². The summed E-state index contributed by atoms with van der Waals surface area (Å²) in [5.74, 6) is -0.311. The van der Waals surface area contributed by atoms with E-state index in [9.17, 15) is 19.5 Å². The van der Waals surface area contributed by atoms with Gasteiger partial charge in [-0.15, -0.1) is 0 Å². The van der Waals surface area contributed by atoms with Gasteiger partial charge in [-0.2, -0.15) is 0 Å². The van der Waals surface area contributed by atoms with Crippen molar-refractivity contribution in [2.45, 2.75) is 104 Å². The molecule has 1 rings (SSSR count). The highest BCUT2D eigenvalue weighted by molar-refractivity contribution is 5.87. The van der Waals surface area contributed by atoms with E-state index in [0.717, 1.165) is 38.5 Å². The zero-order chi connectivity index (χ0) is 25.7. The summed E-state index contributed by atoms with van der Waals surface area (Å²) in [5, 5.41) is 16.9. The Kier molecular flexibility index (Phi) is 14.4. The maximum atomic E-state index is 13.0. The van der Waals surface area contributed by atoms with E-state index < -0.39 is 18.2 Å². The van der Waals surface area contributed by atoms with Crippen molar-refractivity contribution < 1.29 is 24.2 Å². The molecule has 0 aromatic carbocycles. The van der Waals surface area contributed by atoms with Crippen LogP contribution in [0, 0.1) is 17.8 Å². The fraction of sp³-hybridized carbons (Fsp3) is 0.885. The molecular weight excluding hydrogens is 434 g/mol. The molecule has 6 atom stereocenters. The smallest absolute Gasteiger partial charge is 0.248 e. The van der Waals surface area contributed by atoms with Gasteiger partial charge in [-0.25, -0.2) is 0 Å². The van der Waals surface area contributed by atoms with Crippen LogP contribution in [-0.2, 0) is 19.1 Å². The molecule has 0 aromatic heterocycles. The molecule has 1 aliphatic rings. The molecule has 8 heteroatoms. The topological polar surface area (TPSA) is 108 Å². The molecule has 0 spiro atoms. The summed E-state index contributed by atoms with van der Waals surface area (Å²) in [6.45, 7) is 10.9. The summed E-state index contributed by atoms with van der Waals surface area (Å²) in [6, 6.07) is -1.18. The minimum absolute atomic E-state index is 0.0494. The first-order chi connectivity index (χ1) is 16.1. The first-order valence-corrected chi connectivity index (χ1v) is 13.2. The van der Waals surface area contributed by atoms with E-state index in [2.05, 4.69) is 31.4 Å². The molecule has 3 amide bonds. The number of hydrogen-bond acceptors (Lipinski definition) is 5. The van der Waals surface area contributed by atoms with Gasteiger partial charge in [0.05, 0.1) is 12.1 Å². The van der Waals surface area contributed by atoms with Crippen molar-refractivity contribution in [3.63, 3.8) is 0 Å². The number of aliphatic hydroxyl groups excluding tert-OH is 1. The monoisotopic (exact) mass is 483 g/mol. The van der Waals surface area contributed by atoms with Crippen molar-refractivity contribution in [2.24, 2.45) is 17.8 Å². The number of carbonyl (C=O) groups is 3. The Labute approximate surface area is 206 Å². The van der Waals surface area contributed by atoms with Crippen molar-refractivity contribution in [1.29, 1.82) is 0 Å². The molecule has 198 valence electrons. The molecule has 3 unspecified atom stereocenters. The van der Waals surface area contributed by atoms with E-state index in [0.29, 0.717) is 31.4 Å². The fourth-order valence-electron chi connectivity index (χ4n) is 4.27. The molecule has 0 bridgehead atoms. The van der Waals surface area contributed by atoms with E-state index in [1.807, 2.05) is 6.92 Å². The Morgan fingerprint density at radius 1 is 1.21 bits per heavy atom. The zero-order valence-electron chi connectivity index (χ0n) is 22.3. The number of carbonyl (C=O) groups excluding carboxylic acids is 3. The van der Waals surface area contributed by atoms with E-state index in [-0.39, 0.29) is 36.7 Å². The zero-order valence-corrected chi connectivity index (χ0v) is 22.3. The SMILES string of the molecule is CCCCNC(=O)C(C)CC(O)[C@@H]1C[C@H](C)CCCCC(C)COCC(=O)N(C)[C@@H](C)C(=O)N1. The van der Waals surface area contributed by atoms with Crippen molar-refractivity contribution >= 4 is 17.7 Å². The highest BCUT2D eigenvalue weighted by Gasteiger charge is 2.30. The van der Waals surface area contributed by atoms with Gasteiger partial charge in [-0.1, -0.05) is 53.4 Å². The molecule has 0 aliphatic carbocycles. The lowest BCUT2D eigenvalue weighted by atomic mass is 9.89. The van der Waals surface area contributed by atoms with Crippen LogP contribution in [0.2, 0.25) is 0 Å². The van der Waals surface area contributed by atoms with Gasteiger partial charge in [0.25, 0.3) is 0 Å². The average Bonchev–Trinajstić information content (AvgIpc) is 2.79. The number of nitrogens with one attached hydrogen (secondary N) is 2.